The summed E-state index contributed by atoms with van der Waals surface area (Å²) >= 11 is 8.42. The molecule has 0 amide bonds. The van der Waals surface area contributed by atoms with Gasteiger partial charge in [0.25, 0.3) is 0 Å². The molecular weight excluding hydrogens is 329 g/mol. The second kappa shape index (κ2) is 4.78. The fraction of sp³-hybridized carbons (Fsp3) is 1.00. The molecule has 0 saturated heterocycles. The van der Waals surface area contributed by atoms with Crippen LogP contribution in [0.15, 0.2) is 0 Å². The summed E-state index contributed by atoms with van der Waals surface area (Å²) in [5, 5.41) is 4.42. The van der Waals surface area contributed by atoms with E-state index in [0.29, 0.717) is 0 Å². The highest BCUT2D eigenvalue weighted by Gasteiger charge is 2.81. The molecule has 17 heavy (non-hydrogen) atoms. The van der Waals surface area contributed by atoms with Crippen molar-refractivity contribution in [2.45, 2.75) is 27.9 Å². The molecule has 0 aromatic carbocycles. The first kappa shape index (κ1) is 17.3. The van der Waals surface area contributed by atoms with Gasteiger partial charge in [-0.3, -0.25) is 5.14 Å². The van der Waals surface area contributed by atoms with Crippen LogP contribution < -0.4 is 5.14 Å². The normalized spacial score (nSPS) is 15.5. The second-order valence-corrected chi connectivity index (χ2v) is 5.33. The molecule has 0 unspecified atom stereocenters. The van der Waals surface area contributed by atoms with Crippen molar-refractivity contribution < 1.29 is 35.1 Å². The molecule has 0 fully saturated rings. The molecule has 0 aliphatic rings. The Morgan fingerprint density at radius 3 is 1.47 bits per heavy atom. The van der Waals surface area contributed by atoms with E-state index in [2.05, 4.69) is 28.3 Å². The minimum atomic E-state index is -6.48. The average molecular weight is 332 g/mol. The second-order valence-electron chi connectivity index (χ2n) is 2.71. The van der Waals surface area contributed by atoms with E-state index in [1.165, 1.54) is 0 Å². The largest absolute Gasteiger partial charge is 0.381 e. The lowest BCUT2D eigenvalue weighted by atomic mass is 10.1. The maximum Gasteiger partial charge on any atom is 0.381 e. The van der Waals surface area contributed by atoms with Crippen LogP contribution in [0.5, 0.6) is 0 Å². The standard InChI is InChI=1S/C5H3Cl2F8NS/c6-5(7,17-16)4(14,15)3(12,13)2(10,11)1(8)9/h1H,16H2. The fourth-order valence-electron chi connectivity index (χ4n) is 0.603. The quantitative estimate of drug-likeness (QED) is 0.470. The van der Waals surface area contributed by atoms with Crippen molar-refractivity contribution in [3.63, 3.8) is 0 Å². The van der Waals surface area contributed by atoms with Crippen molar-refractivity contribution in [3.05, 3.63) is 0 Å². The van der Waals surface area contributed by atoms with Crippen LogP contribution in [0.25, 0.3) is 0 Å². The Labute approximate surface area is 104 Å². The van der Waals surface area contributed by atoms with E-state index in [0.717, 1.165) is 0 Å². The minimum absolute atomic E-state index is 0.789. The Hall–Kier alpha value is 0.330. The van der Waals surface area contributed by atoms with Crippen LogP contribution in [-0.2, 0) is 0 Å². The summed E-state index contributed by atoms with van der Waals surface area (Å²) in [6.45, 7) is 0. The minimum Gasteiger partial charge on any atom is -0.275 e. The number of alkyl halides is 10. The van der Waals surface area contributed by atoms with Gasteiger partial charge in [-0.2, -0.15) is 26.3 Å². The molecule has 0 heterocycles. The van der Waals surface area contributed by atoms with Crippen molar-refractivity contribution >= 4 is 35.1 Å². The van der Waals surface area contributed by atoms with E-state index in [9.17, 15) is 35.1 Å². The summed E-state index contributed by atoms with van der Waals surface area (Å²) in [6, 6.07) is 0. The van der Waals surface area contributed by atoms with Crippen LogP contribution in [0.3, 0.4) is 0 Å². The van der Waals surface area contributed by atoms with Crippen molar-refractivity contribution in [3.8, 4) is 0 Å². The van der Waals surface area contributed by atoms with Gasteiger partial charge in [0.1, 0.15) is 0 Å². The third-order valence-electron chi connectivity index (χ3n) is 1.60. The molecule has 1 nitrogen and oxygen atoms in total. The number of halogens is 10. The van der Waals surface area contributed by atoms with E-state index < -0.39 is 39.8 Å². The maximum absolute atomic E-state index is 12.9. The Bertz CT molecular complexity index is 283. The maximum atomic E-state index is 12.9. The lowest BCUT2D eigenvalue weighted by Gasteiger charge is -2.37. The highest BCUT2D eigenvalue weighted by molar-refractivity contribution is 8.01. The van der Waals surface area contributed by atoms with Gasteiger partial charge in [-0.15, -0.1) is 0 Å². The summed E-state index contributed by atoms with van der Waals surface area (Å²) in [4.78, 5) is 0. The molecule has 0 aromatic heterocycles. The molecule has 2 N–H and O–H groups in total. The predicted molar refractivity (Wildman–Crippen MR) is 47.1 cm³/mol. The first-order valence-corrected chi connectivity index (χ1v) is 5.06. The summed E-state index contributed by atoms with van der Waals surface area (Å²) in [7, 11) is 0. The molecular formula is C5H3Cl2F8NS. The fourth-order valence-corrected chi connectivity index (χ4v) is 1.12. The molecule has 0 aliphatic carbocycles. The first-order valence-electron chi connectivity index (χ1n) is 3.43. The number of hydrogen-bond acceptors (Lipinski definition) is 2. The highest BCUT2D eigenvalue weighted by atomic mass is 35.5. The predicted octanol–water partition coefficient (Wildman–Crippen LogP) is 3.90. The van der Waals surface area contributed by atoms with Gasteiger partial charge in [-0.05, 0) is 11.9 Å². The summed E-state index contributed by atoms with van der Waals surface area (Å²) in [6.07, 6.45) is -5.03. The van der Waals surface area contributed by atoms with E-state index in [1.54, 1.807) is 0 Å². The molecule has 0 bridgehead atoms. The van der Waals surface area contributed by atoms with Gasteiger partial charge >= 0.3 is 24.2 Å². The van der Waals surface area contributed by atoms with Crippen LogP contribution in [0.1, 0.15) is 0 Å². The van der Waals surface area contributed by atoms with Crippen LogP contribution in [0.4, 0.5) is 35.1 Å². The molecule has 0 rings (SSSR count). The summed E-state index contributed by atoms with van der Waals surface area (Å²) < 4.78 is 95.3. The van der Waals surface area contributed by atoms with Crippen LogP contribution in [0.2, 0.25) is 0 Å². The smallest absolute Gasteiger partial charge is 0.275 e. The third-order valence-corrected chi connectivity index (χ3v) is 3.16. The SMILES string of the molecule is NSC(Cl)(Cl)C(F)(F)C(F)(F)C(F)(F)C(F)F. The lowest BCUT2D eigenvalue weighted by molar-refractivity contribution is -0.336. The van der Waals surface area contributed by atoms with Crippen molar-refractivity contribution in [1.29, 1.82) is 0 Å². The molecule has 0 atom stereocenters. The summed E-state index contributed by atoms with van der Waals surface area (Å²) in [5.41, 5.74) is 0. The molecule has 0 saturated carbocycles. The zero-order valence-electron chi connectivity index (χ0n) is 7.34. The first-order chi connectivity index (χ1) is 7.25. The van der Waals surface area contributed by atoms with Gasteiger partial charge in [0.15, 0.2) is 0 Å². The van der Waals surface area contributed by atoms with E-state index in [1.807, 2.05) is 0 Å². The van der Waals surface area contributed by atoms with Crippen LogP contribution in [0, 0.1) is 0 Å². The van der Waals surface area contributed by atoms with Gasteiger partial charge in [0, 0.05) is 0 Å². The number of rotatable bonds is 5. The van der Waals surface area contributed by atoms with E-state index in [-0.39, 0.29) is 0 Å². The number of nitrogens with two attached hydrogens (primary N) is 1. The van der Waals surface area contributed by atoms with E-state index in [4.69, 9.17) is 0 Å². The Morgan fingerprint density at radius 2 is 1.24 bits per heavy atom. The Balaban J connectivity index is 5.61. The number of hydrogen-bond donors (Lipinski definition) is 1. The summed E-state index contributed by atoms with van der Waals surface area (Å²) in [5.74, 6) is -18.7. The van der Waals surface area contributed by atoms with Crippen molar-refractivity contribution in [2.24, 2.45) is 5.14 Å². The highest BCUT2D eigenvalue weighted by Crippen LogP contribution is 2.58. The third kappa shape index (κ3) is 2.54. The average Bonchev–Trinajstić information content (AvgIpc) is 2.16. The molecule has 0 radical (unpaired) electrons. The van der Waals surface area contributed by atoms with Crippen molar-refractivity contribution in [2.75, 3.05) is 0 Å². The van der Waals surface area contributed by atoms with Gasteiger partial charge in [-0.25, -0.2) is 8.78 Å². The Morgan fingerprint density at radius 1 is 0.882 bits per heavy atom. The van der Waals surface area contributed by atoms with Gasteiger partial charge in [-0.1, -0.05) is 23.2 Å². The van der Waals surface area contributed by atoms with Gasteiger partial charge in [0.2, 0.25) is 3.67 Å². The lowest BCUT2D eigenvalue weighted by Crippen LogP contribution is -2.63. The molecule has 0 aromatic rings. The zero-order valence-corrected chi connectivity index (χ0v) is 9.67. The zero-order chi connectivity index (χ0) is 14.3. The van der Waals surface area contributed by atoms with Crippen molar-refractivity contribution in [1.82, 2.24) is 0 Å². The monoisotopic (exact) mass is 331 g/mol. The van der Waals surface area contributed by atoms with E-state index >= 15 is 0 Å². The van der Waals surface area contributed by atoms with Crippen LogP contribution >= 0.6 is 35.1 Å². The Kier molecular flexibility index (Phi) is 4.87. The molecule has 104 valence electrons. The molecule has 0 spiro atoms. The van der Waals surface area contributed by atoms with Gasteiger partial charge in [0.05, 0.1) is 0 Å². The molecule has 0 aliphatic heterocycles. The molecule has 12 heteroatoms. The topological polar surface area (TPSA) is 26.0 Å². The van der Waals surface area contributed by atoms with Crippen LogP contribution in [-0.4, -0.2) is 27.9 Å². The van der Waals surface area contributed by atoms with Gasteiger partial charge < -0.3 is 0 Å².